The molecule has 2 aromatic carbocycles. The molecule has 0 aliphatic heterocycles. The molecular weight excluding hydrogens is 263 g/mol. The normalized spacial score (nSPS) is 12.5. The van der Waals surface area contributed by atoms with Crippen LogP contribution in [0.3, 0.4) is 0 Å². The van der Waals surface area contributed by atoms with Gasteiger partial charge < -0.3 is 5.11 Å². The molecule has 0 fully saturated rings. The molecule has 0 radical (unpaired) electrons. The molecule has 0 aliphatic rings. The summed E-state index contributed by atoms with van der Waals surface area (Å²) in [6.45, 7) is 5.26. The van der Waals surface area contributed by atoms with E-state index >= 15 is 0 Å². The second-order valence-corrected chi connectivity index (χ2v) is 5.23. The first-order valence-corrected chi connectivity index (χ1v) is 6.49. The quantitative estimate of drug-likeness (QED) is 0.858. The highest BCUT2D eigenvalue weighted by atomic mass is 35.5. The van der Waals surface area contributed by atoms with Crippen LogP contribution in [0.1, 0.15) is 33.9 Å². The maximum absolute atomic E-state index is 13.6. The van der Waals surface area contributed by atoms with E-state index in [1.54, 1.807) is 38.1 Å². The molecule has 0 spiro atoms. The van der Waals surface area contributed by atoms with Crippen molar-refractivity contribution in [2.75, 3.05) is 0 Å². The third kappa shape index (κ3) is 2.65. The molecule has 1 N–H and O–H groups in total. The zero-order chi connectivity index (χ0) is 14.2. The standard InChI is InChI=1S/C16H16ClFO/c1-9-7-12(8-10(2)15(9)18)16(19)13-5-4-6-14(17)11(13)3/h4-8,16,19H,1-3H3. The van der Waals surface area contributed by atoms with E-state index in [1.165, 1.54) is 0 Å². The first-order chi connectivity index (χ1) is 8.91. The van der Waals surface area contributed by atoms with Gasteiger partial charge in [0.15, 0.2) is 0 Å². The summed E-state index contributed by atoms with van der Waals surface area (Å²) in [6.07, 6.45) is -0.795. The topological polar surface area (TPSA) is 20.2 Å². The molecule has 0 heterocycles. The number of hydrogen-bond acceptors (Lipinski definition) is 1. The molecule has 0 aliphatic carbocycles. The van der Waals surface area contributed by atoms with E-state index < -0.39 is 6.10 Å². The van der Waals surface area contributed by atoms with Gasteiger partial charge in [-0.25, -0.2) is 4.39 Å². The largest absolute Gasteiger partial charge is 0.384 e. The van der Waals surface area contributed by atoms with E-state index in [0.29, 0.717) is 21.7 Å². The van der Waals surface area contributed by atoms with Crippen LogP contribution in [0.5, 0.6) is 0 Å². The first-order valence-electron chi connectivity index (χ1n) is 6.11. The van der Waals surface area contributed by atoms with Gasteiger partial charge in [-0.1, -0.05) is 35.9 Å². The van der Waals surface area contributed by atoms with E-state index in [4.69, 9.17) is 11.6 Å². The summed E-state index contributed by atoms with van der Waals surface area (Å²) >= 11 is 6.06. The van der Waals surface area contributed by atoms with Gasteiger partial charge in [-0.3, -0.25) is 0 Å². The summed E-state index contributed by atoms with van der Waals surface area (Å²) in [5.41, 5.74) is 3.35. The maximum Gasteiger partial charge on any atom is 0.129 e. The molecular formula is C16H16ClFO. The van der Waals surface area contributed by atoms with Crippen molar-refractivity contribution in [3.05, 3.63) is 69.0 Å². The van der Waals surface area contributed by atoms with Crippen molar-refractivity contribution in [3.63, 3.8) is 0 Å². The fourth-order valence-electron chi connectivity index (χ4n) is 2.24. The molecule has 2 aromatic rings. The van der Waals surface area contributed by atoms with Crippen LogP contribution in [0.25, 0.3) is 0 Å². The Bertz CT molecular complexity index is 599. The van der Waals surface area contributed by atoms with Crippen molar-refractivity contribution in [1.29, 1.82) is 0 Å². The van der Waals surface area contributed by atoms with E-state index in [9.17, 15) is 9.50 Å². The Hall–Kier alpha value is -1.38. The van der Waals surface area contributed by atoms with E-state index in [-0.39, 0.29) is 5.82 Å². The van der Waals surface area contributed by atoms with Gasteiger partial charge in [0, 0.05) is 5.02 Å². The molecule has 100 valence electrons. The van der Waals surface area contributed by atoms with Crippen LogP contribution in [-0.4, -0.2) is 5.11 Å². The lowest BCUT2D eigenvalue weighted by molar-refractivity contribution is 0.219. The highest BCUT2D eigenvalue weighted by Gasteiger charge is 2.16. The summed E-state index contributed by atoms with van der Waals surface area (Å²) in [5.74, 6) is -0.223. The zero-order valence-electron chi connectivity index (χ0n) is 11.2. The van der Waals surface area contributed by atoms with Crippen molar-refractivity contribution in [2.24, 2.45) is 0 Å². The van der Waals surface area contributed by atoms with Crippen molar-refractivity contribution in [3.8, 4) is 0 Å². The minimum absolute atomic E-state index is 0.223. The number of aliphatic hydroxyl groups is 1. The summed E-state index contributed by atoms with van der Waals surface area (Å²) in [6, 6.07) is 8.77. The minimum atomic E-state index is -0.795. The van der Waals surface area contributed by atoms with Crippen LogP contribution in [0.4, 0.5) is 4.39 Å². The SMILES string of the molecule is Cc1cc(C(O)c2cccc(Cl)c2C)cc(C)c1F. The molecule has 0 bridgehead atoms. The van der Waals surface area contributed by atoms with Crippen molar-refractivity contribution in [1.82, 2.24) is 0 Å². The number of aryl methyl sites for hydroxylation is 2. The fraction of sp³-hybridized carbons (Fsp3) is 0.250. The summed E-state index contributed by atoms with van der Waals surface area (Å²) in [5, 5.41) is 11.1. The zero-order valence-corrected chi connectivity index (χ0v) is 11.9. The monoisotopic (exact) mass is 278 g/mol. The van der Waals surface area contributed by atoms with E-state index in [1.807, 2.05) is 13.0 Å². The second-order valence-electron chi connectivity index (χ2n) is 4.83. The molecule has 1 nitrogen and oxygen atoms in total. The Morgan fingerprint density at radius 3 is 2.26 bits per heavy atom. The smallest absolute Gasteiger partial charge is 0.129 e. The van der Waals surface area contributed by atoms with Gasteiger partial charge in [0.05, 0.1) is 0 Å². The first kappa shape index (κ1) is 14.0. The molecule has 0 saturated heterocycles. The molecule has 0 aromatic heterocycles. The number of halogens is 2. The van der Waals surface area contributed by atoms with Gasteiger partial charge in [0.2, 0.25) is 0 Å². The average molecular weight is 279 g/mol. The third-order valence-corrected chi connectivity index (χ3v) is 3.79. The average Bonchev–Trinajstić information content (AvgIpc) is 2.38. The number of aliphatic hydroxyl groups excluding tert-OH is 1. The molecule has 0 saturated carbocycles. The van der Waals surface area contributed by atoms with Crippen LogP contribution >= 0.6 is 11.6 Å². The maximum atomic E-state index is 13.6. The third-order valence-electron chi connectivity index (χ3n) is 3.38. The number of benzene rings is 2. The highest BCUT2D eigenvalue weighted by molar-refractivity contribution is 6.31. The molecule has 2 rings (SSSR count). The van der Waals surface area contributed by atoms with Gasteiger partial charge in [0.1, 0.15) is 11.9 Å². The predicted octanol–water partition coefficient (Wildman–Crippen LogP) is 4.49. The van der Waals surface area contributed by atoms with Gasteiger partial charge in [-0.15, -0.1) is 0 Å². The predicted molar refractivity (Wildman–Crippen MR) is 76.1 cm³/mol. The van der Waals surface area contributed by atoms with Crippen molar-refractivity contribution < 1.29 is 9.50 Å². The lowest BCUT2D eigenvalue weighted by Gasteiger charge is -2.16. The summed E-state index contributed by atoms with van der Waals surface area (Å²) < 4.78 is 13.6. The fourth-order valence-corrected chi connectivity index (χ4v) is 2.42. The summed E-state index contributed by atoms with van der Waals surface area (Å²) in [4.78, 5) is 0. The van der Waals surface area contributed by atoms with Gasteiger partial charge in [0.25, 0.3) is 0 Å². The lowest BCUT2D eigenvalue weighted by Crippen LogP contribution is -2.04. The lowest BCUT2D eigenvalue weighted by atomic mass is 9.95. The van der Waals surface area contributed by atoms with Crippen LogP contribution in [-0.2, 0) is 0 Å². The number of rotatable bonds is 2. The Morgan fingerprint density at radius 1 is 1.11 bits per heavy atom. The Morgan fingerprint density at radius 2 is 1.68 bits per heavy atom. The molecule has 1 atom stereocenters. The Kier molecular flexibility index (Phi) is 3.93. The molecule has 1 unspecified atom stereocenters. The van der Waals surface area contributed by atoms with Crippen LogP contribution in [0.15, 0.2) is 30.3 Å². The van der Waals surface area contributed by atoms with E-state index in [0.717, 1.165) is 11.1 Å². The van der Waals surface area contributed by atoms with Crippen LogP contribution in [0.2, 0.25) is 5.02 Å². The molecule has 19 heavy (non-hydrogen) atoms. The second kappa shape index (κ2) is 5.32. The molecule has 0 amide bonds. The summed E-state index contributed by atoms with van der Waals surface area (Å²) in [7, 11) is 0. The van der Waals surface area contributed by atoms with E-state index in [2.05, 4.69) is 0 Å². The number of hydrogen-bond donors (Lipinski definition) is 1. The minimum Gasteiger partial charge on any atom is -0.384 e. The Balaban J connectivity index is 2.50. The van der Waals surface area contributed by atoms with Gasteiger partial charge in [-0.05, 0) is 54.7 Å². The van der Waals surface area contributed by atoms with Crippen molar-refractivity contribution >= 4 is 11.6 Å². The van der Waals surface area contributed by atoms with Crippen LogP contribution in [0, 0.1) is 26.6 Å². The van der Waals surface area contributed by atoms with Crippen molar-refractivity contribution in [2.45, 2.75) is 26.9 Å². The van der Waals surface area contributed by atoms with Gasteiger partial charge >= 0.3 is 0 Å². The highest BCUT2D eigenvalue weighted by Crippen LogP contribution is 2.30. The Labute approximate surface area is 117 Å². The van der Waals surface area contributed by atoms with Gasteiger partial charge in [-0.2, -0.15) is 0 Å². The molecule has 3 heteroatoms. The van der Waals surface area contributed by atoms with Crippen LogP contribution < -0.4 is 0 Å².